The lowest BCUT2D eigenvalue weighted by molar-refractivity contribution is 0.630. The van der Waals surface area contributed by atoms with E-state index in [0.717, 1.165) is 25.3 Å². The molecule has 0 radical (unpaired) electrons. The van der Waals surface area contributed by atoms with Crippen molar-refractivity contribution >= 4 is 0 Å². The molecule has 0 aliphatic rings. The van der Waals surface area contributed by atoms with Gasteiger partial charge in [-0.05, 0) is 33.7 Å². The van der Waals surface area contributed by atoms with Gasteiger partial charge in [-0.15, -0.1) is 0 Å². The Kier molecular flexibility index (Phi) is 4.14. The van der Waals surface area contributed by atoms with E-state index in [1.165, 1.54) is 17.7 Å². The van der Waals surface area contributed by atoms with E-state index < -0.39 is 0 Å². The van der Waals surface area contributed by atoms with E-state index in [1.54, 1.807) is 0 Å². The van der Waals surface area contributed by atoms with E-state index in [-0.39, 0.29) is 0 Å². The van der Waals surface area contributed by atoms with Crippen LogP contribution in [0.25, 0.3) is 0 Å². The first-order chi connectivity index (χ1) is 6.70. The molecule has 1 aromatic heterocycles. The molecular weight excluding hydrogens is 174 g/mol. The Balaban J connectivity index is 2.70. The van der Waals surface area contributed by atoms with Crippen LogP contribution in [0.2, 0.25) is 0 Å². The second-order valence-electron chi connectivity index (χ2n) is 3.64. The molecule has 0 spiro atoms. The molecule has 1 aromatic rings. The van der Waals surface area contributed by atoms with Gasteiger partial charge >= 0.3 is 0 Å². The minimum atomic E-state index is 0.950. The standard InChI is InChI=1S/C11H21N3/c1-5-7-12-8-11-9(3)13-14(6-2)10(11)4/h12H,5-8H2,1-4H3. The Morgan fingerprint density at radius 1 is 1.29 bits per heavy atom. The number of rotatable bonds is 5. The minimum Gasteiger partial charge on any atom is -0.313 e. The highest BCUT2D eigenvalue weighted by Crippen LogP contribution is 2.12. The largest absolute Gasteiger partial charge is 0.313 e. The van der Waals surface area contributed by atoms with Crippen LogP contribution in [-0.2, 0) is 13.1 Å². The Hall–Kier alpha value is -0.830. The third kappa shape index (κ3) is 2.35. The van der Waals surface area contributed by atoms with Crippen LogP contribution in [-0.4, -0.2) is 16.3 Å². The first kappa shape index (κ1) is 11.2. The zero-order chi connectivity index (χ0) is 10.6. The molecule has 0 saturated heterocycles. The van der Waals surface area contributed by atoms with Gasteiger partial charge in [-0.1, -0.05) is 6.92 Å². The summed E-state index contributed by atoms with van der Waals surface area (Å²) in [6, 6.07) is 0. The van der Waals surface area contributed by atoms with Crippen LogP contribution < -0.4 is 5.32 Å². The van der Waals surface area contributed by atoms with Crippen molar-refractivity contribution in [2.24, 2.45) is 0 Å². The maximum Gasteiger partial charge on any atom is 0.0641 e. The molecule has 3 nitrogen and oxygen atoms in total. The van der Waals surface area contributed by atoms with E-state index in [0.29, 0.717) is 0 Å². The van der Waals surface area contributed by atoms with Gasteiger partial charge in [0.05, 0.1) is 5.69 Å². The second-order valence-corrected chi connectivity index (χ2v) is 3.64. The van der Waals surface area contributed by atoms with Gasteiger partial charge in [0.1, 0.15) is 0 Å². The van der Waals surface area contributed by atoms with Gasteiger partial charge in [-0.2, -0.15) is 5.10 Å². The fourth-order valence-electron chi connectivity index (χ4n) is 1.69. The average molecular weight is 195 g/mol. The lowest BCUT2D eigenvalue weighted by atomic mass is 10.2. The van der Waals surface area contributed by atoms with Crippen LogP contribution in [0.4, 0.5) is 0 Å². The van der Waals surface area contributed by atoms with Crippen molar-refractivity contribution < 1.29 is 0 Å². The molecule has 1 heterocycles. The Labute approximate surface area is 86.5 Å². The van der Waals surface area contributed by atoms with Gasteiger partial charge in [0.2, 0.25) is 0 Å². The summed E-state index contributed by atoms with van der Waals surface area (Å²) in [7, 11) is 0. The van der Waals surface area contributed by atoms with Gasteiger partial charge < -0.3 is 5.32 Å². The third-order valence-corrected chi connectivity index (χ3v) is 2.56. The topological polar surface area (TPSA) is 29.9 Å². The summed E-state index contributed by atoms with van der Waals surface area (Å²) in [5, 5.41) is 7.90. The van der Waals surface area contributed by atoms with E-state index in [9.17, 15) is 0 Å². The van der Waals surface area contributed by atoms with E-state index in [1.807, 2.05) is 0 Å². The van der Waals surface area contributed by atoms with Crippen molar-refractivity contribution in [3.8, 4) is 0 Å². The molecule has 1 N–H and O–H groups in total. The molecule has 0 unspecified atom stereocenters. The molecule has 0 aliphatic heterocycles. The van der Waals surface area contributed by atoms with Crippen molar-refractivity contribution in [2.45, 2.75) is 47.2 Å². The SMILES string of the molecule is CCCNCc1c(C)nn(CC)c1C. The molecule has 3 heteroatoms. The van der Waals surface area contributed by atoms with Crippen LogP contribution in [0.15, 0.2) is 0 Å². The molecule has 0 aliphatic carbocycles. The second kappa shape index (κ2) is 5.15. The van der Waals surface area contributed by atoms with Crippen LogP contribution in [0.1, 0.15) is 37.2 Å². The molecule has 0 fully saturated rings. The quantitative estimate of drug-likeness (QED) is 0.728. The lowest BCUT2D eigenvalue weighted by Gasteiger charge is -2.04. The summed E-state index contributed by atoms with van der Waals surface area (Å²) in [4.78, 5) is 0. The van der Waals surface area contributed by atoms with Crippen LogP contribution in [0.3, 0.4) is 0 Å². The highest BCUT2D eigenvalue weighted by molar-refractivity contribution is 5.24. The average Bonchev–Trinajstić information content (AvgIpc) is 2.45. The Morgan fingerprint density at radius 2 is 2.00 bits per heavy atom. The van der Waals surface area contributed by atoms with E-state index in [4.69, 9.17) is 0 Å². The highest BCUT2D eigenvalue weighted by Gasteiger charge is 2.08. The van der Waals surface area contributed by atoms with Crippen molar-refractivity contribution in [3.05, 3.63) is 17.0 Å². The van der Waals surface area contributed by atoms with Crippen molar-refractivity contribution in [3.63, 3.8) is 0 Å². The summed E-state index contributed by atoms with van der Waals surface area (Å²) in [6.45, 7) is 11.5. The fraction of sp³-hybridized carbons (Fsp3) is 0.727. The number of nitrogens with zero attached hydrogens (tertiary/aromatic N) is 2. The molecule has 14 heavy (non-hydrogen) atoms. The molecule has 0 aromatic carbocycles. The molecule has 0 saturated carbocycles. The maximum atomic E-state index is 4.48. The molecular formula is C11H21N3. The predicted octanol–water partition coefficient (Wildman–Crippen LogP) is 2.02. The lowest BCUT2D eigenvalue weighted by Crippen LogP contribution is -2.15. The van der Waals surface area contributed by atoms with Crippen molar-refractivity contribution in [1.82, 2.24) is 15.1 Å². The monoisotopic (exact) mass is 195 g/mol. The Bertz CT molecular complexity index is 289. The summed E-state index contributed by atoms with van der Waals surface area (Å²) >= 11 is 0. The smallest absolute Gasteiger partial charge is 0.0641 e. The van der Waals surface area contributed by atoms with Gasteiger partial charge in [-0.3, -0.25) is 4.68 Å². The molecule has 0 amide bonds. The molecule has 0 atom stereocenters. The zero-order valence-electron chi connectivity index (χ0n) is 9.72. The normalized spacial score (nSPS) is 10.9. The summed E-state index contributed by atoms with van der Waals surface area (Å²) < 4.78 is 2.07. The van der Waals surface area contributed by atoms with Gasteiger partial charge in [-0.25, -0.2) is 0 Å². The van der Waals surface area contributed by atoms with E-state index >= 15 is 0 Å². The molecule has 80 valence electrons. The van der Waals surface area contributed by atoms with Crippen LogP contribution in [0.5, 0.6) is 0 Å². The Morgan fingerprint density at radius 3 is 2.50 bits per heavy atom. The van der Waals surface area contributed by atoms with Gasteiger partial charge in [0.25, 0.3) is 0 Å². The number of aromatic nitrogens is 2. The van der Waals surface area contributed by atoms with Crippen LogP contribution >= 0.6 is 0 Å². The highest BCUT2D eigenvalue weighted by atomic mass is 15.3. The van der Waals surface area contributed by atoms with Gasteiger partial charge in [0.15, 0.2) is 0 Å². The maximum absolute atomic E-state index is 4.48. The number of nitrogens with one attached hydrogen (secondary N) is 1. The minimum absolute atomic E-state index is 0.950. The summed E-state index contributed by atoms with van der Waals surface area (Å²) in [6.07, 6.45) is 1.18. The number of aryl methyl sites for hydroxylation is 2. The number of hydrogen-bond donors (Lipinski definition) is 1. The summed E-state index contributed by atoms with van der Waals surface area (Å²) in [5.41, 5.74) is 3.82. The van der Waals surface area contributed by atoms with Crippen molar-refractivity contribution in [2.75, 3.05) is 6.54 Å². The zero-order valence-corrected chi connectivity index (χ0v) is 9.72. The first-order valence-electron chi connectivity index (χ1n) is 5.44. The summed E-state index contributed by atoms with van der Waals surface area (Å²) in [5.74, 6) is 0. The molecule has 0 bridgehead atoms. The van der Waals surface area contributed by atoms with Crippen molar-refractivity contribution in [1.29, 1.82) is 0 Å². The fourth-order valence-corrected chi connectivity index (χ4v) is 1.69. The first-order valence-corrected chi connectivity index (χ1v) is 5.44. The van der Waals surface area contributed by atoms with Gasteiger partial charge in [0, 0.05) is 24.3 Å². The molecule has 1 rings (SSSR count). The number of hydrogen-bond acceptors (Lipinski definition) is 2. The van der Waals surface area contributed by atoms with Crippen LogP contribution in [0, 0.1) is 13.8 Å². The predicted molar refractivity (Wildman–Crippen MR) is 59.4 cm³/mol. The van der Waals surface area contributed by atoms with E-state index in [2.05, 4.69) is 42.8 Å². The third-order valence-electron chi connectivity index (χ3n) is 2.56.